The van der Waals surface area contributed by atoms with Gasteiger partial charge in [0.05, 0.1) is 11.2 Å². The fourth-order valence-corrected chi connectivity index (χ4v) is 4.93. The maximum Gasteiger partial charge on any atom is 0.252 e. The van der Waals surface area contributed by atoms with Gasteiger partial charge < -0.3 is 14.8 Å². The van der Waals surface area contributed by atoms with Gasteiger partial charge in [-0.15, -0.1) is 0 Å². The van der Waals surface area contributed by atoms with E-state index in [2.05, 4.69) is 21.3 Å². The Kier molecular flexibility index (Phi) is 5.76. The van der Waals surface area contributed by atoms with E-state index in [4.69, 9.17) is 0 Å². The second-order valence-corrected chi connectivity index (χ2v) is 9.35. The van der Waals surface area contributed by atoms with Crippen molar-refractivity contribution in [3.8, 4) is 6.07 Å². The molecule has 0 saturated heterocycles. The summed E-state index contributed by atoms with van der Waals surface area (Å²) in [6, 6.07) is 14.6. The number of aromatic nitrogens is 2. The Hall–Kier alpha value is -3.40. The number of hydrogen-bond donors (Lipinski definition) is 1. The van der Waals surface area contributed by atoms with Gasteiger partial charge in [-0.3, -0.25) is 4.79 Å². The highest BCUT2D eigenvalue weighted by atomic mass is 19.1. The molecular weight excluding hydrogens is 417 g/mol. The van der Waals surface area contributed by atoms with Gasteiger partial charge in [0.1, 0.15) is 23.1 Å². The van der Waals surface area contributed by atoms with Crippen molar-refractivity contribution < 1.29 is 4.39 Å². The van der Waals surface area contributed by atoms with Gasteiger partial charge in [-0.05, 0) is 80.8 Å². The van der Waals surface area contributed by atoms with Crippen LogP contribution in [0.1, 0.15) is 44.2 Å². The monoisotopic (exact) mass is 445 g/mol. The van der Waals surface area contributed by atoms with Crippen LogP contribution < -0.4 is 15.8 Å². The molecule has 0 unspecified atom stereocenters. The molecule has 5 rings (SSSR count). The fraction of sp³-hybridized carbons (Fsp3) is 0.423. The number of benzene rings is 1. The second-order valence-electron chi connectivity index (χ2n) is 9.35. The molecule has 3 aromatic rings. The van der Waals surface area contributed by atoms with Crippen LogP contribution in [0.2, 0.25) is 0 Å². The topological polar surface area (TPSA) is 74.0 Å². The molecule has 0 bridgehead atoms. The first-order valence-electron chi connectivity index (χ1n) is 11.7. The predicted octanol–water partition coefficient (Wildman–Crippen LogP) is 4.58. The summed E-state index contributed by atoms with van der Waals surface area (Å²) in [5, 5.41) is 12.8. The van der Waals surface area contributed by atoms with Crippen molar-refractivity contribution in [1.29, 1.82) is 5.26 Å². The fourth-order valence-electron chi connectivity index (χ4n) is 4.93. The van der Waals surface area contributed by atoms with Gasteiger partial charge in [0.15, 0.2) is 0 Å². The molecule has 7 heteroatoms. The normalized spacial score (nSPS) is 20.4. The lowest BCUT2D eigenvalue weighted by Gasteiger charge is -2.39. The number of nitriles is 1. The highest BCUT2D eigenvalue weighted by molar-refractivity contribution is 5.88. The molecule has 2 aliphatic rings. The molecule has 2 fully saturated rings. The van der Waals surface area contributed by atoms with Crippen LogP contribution in [-0.4, -0.2) is 28.2 Å². The smallest absolute Gasteiger partial charge is 0.252 e. The zero-order chi connectivity index (χ0) is 22.9. The van der Waals surface area contributed by atoms with Crippen molar-refractivity contribution in [2.45, 2.75) is 50.6 Å². The Balaban J connectivity index is 1.32. The van der Waals surface area contributed by atoms with E-state index < -0.39 is 0 Å². The summed E-state index contributed by atoms with van der Waals surface area (Å²) in [6.45, 7) is 1.04. The molecule has 0 atom stereocenters. The van der Waals surface area contributed by atoms with Gasteiger partial charge in [0.25, 0.3) is 5.56 Å². The molecular formula is C26H28FN5O. The molecule has 1 aromatic carbocycles. The molecule has 2 aromatic heterocycles. The number of halogens is 1. The summed E-state index contributed by atoms with van der Waals surface area (Å²) < 4.78 is 15.0. The van der Waals surface area contributed by atoms with E-state index in [9.17, 15) is 14.4 Å². The van der Waals surface area contributed by atoms with Crippen LogP contribution in [0.25, 0.3) is 11.0 Å². The van der Waals surface area contributed by atoms with Gasteiger partial charge in [-0.1, -0.05) is 0 Å². The molecule has 2 aliphatic carbocycles. The van der Waals surface area contributed by atoms with Crippen LogP contribution in [0.5, 0.6) is 0 Å². The lowest BCUT2D eigenvalue weighted by atomic mass is 9.89. The predicted molar refractivity (Wildman–Crippen MR) is 128 cm³/mol. The van der Waals surface area contributed by atoms with Crippen molar-refractivity contribution in [2.24, 2.45) is 13.0 Å². The van der Waals surface area contributed by atoms with E-state index in [0.717, 1.165) is 43.8 Å². The van der Waals surface area contributed by atoms with Crippen molar-refractivity contribution in [3.63, 3.8) is 0 Å². The number of nitrogens with zero attached hydrogens (tertiary/aromatic N) is 4. The molecule has 6 nitrogen and oxygen atoms in total. The Bertz CT molecular complexity index is 1250. The third-order valence-electron chi connectivity index (χ3n) is 7.01. The lowest BCUT2D eigenvalue weighted by molar-refractivity contribution is 0.386. The average molecular weight is 446 g/mol. The minimum absolute atomic E-state index is 0.0999. The number of nitrogens with one attached hydrogen (secondary N) is 1. The Morgan fingerprint density at radius 3 is 2.52 bits per heavy atom. The zero-order valence-corrected chi connectivity index (χ0v) is 18.8. The average Bonchev–Trinajstić information content (AvgIpc) is 3.66. The summed E-state index contributed by atoms with van der Waals surface area (Å²) >= 11 is 0. The molecule has 0 spiro atoms. The van der Waals surface area contributed by atoms with Crippen molar-refractivity contribution in [2.75, 3.05) is 16.8 Å². The highest BCUT2D eigenvalue weighted by Crippen LogP contribution is 2.36. The van der Waals surface area contributed by atoms with E-state index in [1.54, 1.807) is 41.9 Å². The molecule has 33 heavy (non-hydrogen) atoms. The second kappa shape index (κ2) is 8.86. The van der Waals surface area contributed by atoms with Gasteiger partial charge in [0, 0.05) is 37.4 Å². The molecule has 0 radical (unpaired) electrons. The summed E-state index contributed by atoms with van der Waals surface area (Å²) in [6.07, 6.45) is 6.57. The van der Waals surface area contributed by atoms with E-state index in [1.165, 1.54) is 12.8 Å². The van der Waals surface area contributed by atoms with Crippen molar-refractivity contribution >= 4 is 22.4 Å². The first-order valence-corrected chi connectivity index (χ1v) is 11.7. The van der Waals surface area contributed by atoms with Gasteiger partial charge >= 0.3 is 0 Å². The van der Waals surface area contributed by atoms with Crippen LogP contribution in [0.3, 0.4) is 0 Å². The Labute approximate surface area is 192 Å². The third-order valence-corrected chi connectivity index (χ3v) is 7.01. The molecule has 2 heterocycles. The summed E-state index contributed by atoms with van der Waals surface area (Å²) in [5.74, 6) is 0.547. The number of hydrogen-bond acceptors (Lipinski definition) is 5. The van der Waals surface area contributed by atoms with Crippen LogP contribution in [0.4, 0.5) is 15.8 Å². The van der Waals surface area contributed by atoms with E-state index in [1.807, 2.05) is 12.1 Å². The van der Waals surface area contributed by atoms with Gasteiger partial charge in [0.2, 0.25) is 0 Å². The van der Waals surface area contributed by atoms with Crippen LogP contribution in [0, 0.1) is 23.1 Å². The Morgan fingerprint density at radius 2 is 1.85 bits per heavy atom. The van der Waals surface area contributed by atoms with Crippen LogP contribution in [-0.2, 0) is 7.05 Å². The molecule has 0 amide bonds. The Morgan fingerprint density at radius 1 is 1.12 bits per heavy atom. The largest absolute Gasteiger partial charge is 0.380 e. The first kappa shape index (κ1) is 21.4. The summed E-state index contributed by atoms with van der Waals surface area (Å²) in [7, 11) is 1.72. The summed E-state index contributed by atoms with van der Waals surface area (Å²) in [5.41, 5.74) is 3.40. The maximum atomic E-state index is 13.5. The minimum atomic E-state index is -0.201. The quantitative estimate of drug-likeness (QED) is 0.601. The van der Waals surface area contributed by atoms with E-state index >= 15 is 0 Å². The van der Waals surface area contributed by atoms with Gasteiger partial charge in [-0.2, -0.15) is 5.26 Å². The minimum Gasteiger partial charge on any atom is -0.380 e. The molecule has 0 aliphatic heterocycles. The van der Waals surface area contributed by atoms with Crippen molar-refractivity contribution in [1.82, 2.24) is 9.55 Å². The standard InChI is InChI=1S/C26H28FN5O/c1-31-24-13-8-20(15-28)30-26(24)23(14-25(31)33)29-19-6-11-22(12-7-19)32(16-17-2-3-17)21-9-4-18(27)5-10-21/h4-5,8-10,13-14,17,19,22,29H,2-3,6-7,11-12,16H2,1H3. The number of pyridine rings is 2. The number of fused-ring (bicyclic) bond motifs is 1. The van der Waals surface area contributed by atoms with Crippen molar-refractivity contribution in [3.05, 3.63) is 64.3 Å². The summed E-state index contributed by atoms with van der Waals surface area (Å²) in [4.78, 5) is 19.4. The molecule has 2 saturated carbocycles. The third kappa shape index (κ3) is 4.56. The van der Waals surface area contributed by atoms with E-state index in [-0.39, 0.29) is 17.4 Å². The lowest BCUT2D eigenvalue weighted by Crippen LogP contribution is -2.42. The number of anilines is 2. The maximum absolute atomic E-state index is 13.5. The molecule has 170 valence electrons. The van der Waals surface area contributed by atoms with Crippen LogP contribution >= 0.6 is 0 Å². The van der Waals surface area contributed by atoms with E-state index in [0.29, 0.717) is 28.5 Å². The molecule has 1 N–H and O–H groups in total. The number of aryl methyl sites for hydroxylation is 1. The first-order chi connectivity index (χ1) is 16.0. The number of rotatable bonds is 6. The highest BCUT2D eigenvalue weighted by Gasteiger charge is 2.31. The van der Waals surface area contributed by atoms with Gasteiger partial charge in [-0.25, -0.2) is 9.37 Å². The van der Waals surface area contributed by atoms with Crippen LogP contribution in [0.15, 0.2) is 47.3 Å². The zero-order valence-electron chi connectivity index (χ0n) is 18.8. The SMILES string of the molecule is Cn1c(=O)cc(NC2CCC(N(CC3CC3)c3ccc(F)cc3)CC2)c2nc(C#N)ccc21.